The van der Waals surface area contributed by atoms with Gasteiger partial charge in [-0.05, 0) is 38.2 Å². The van der Waals surface area contributed by atoms with Crippen molar-refractivity contribution in [3.05, 3.63) is 11.6 Å². The van der Waals surface area contributed by atoms with Crippen molar-refractivity contribution in [2.24, 2.45) is 0 Å². The predicted octanol–water partition coefficient (Wildman–Crippen LogP) is 3.49. The summed E-state index contributed by atoms with van der Waals surface area (Å²) in [5.74, 6) is 2.58. The minimum absolute atomic E-state index is 1.26. The SMILES string of the molecule is CCSCCCC=C(C)C. The van der Waals surface area contributed by atoms with E-state index in [2.05, 4.69) is 26.8 Å². The molecule has 0 aliphatic rings. The fourth-order valence-electron chi connectivity index (χ4n) is 0.720. The molecule has 0 saturated heterocycles. The van der Waals surface area contributed by atoms with Gasteiger partial charge in [0, 0.05) is 0 Å². The Morgan fingerprint density at radius 2 is 2.10 bits per heavy atom. The Bertz CT molecular complexity index is 90.9. The molecule has 1 heteroatoms. The van der Waals surface area contributed by atoms with E-state index in [0.717, 1.165) is 0 Å². The number of hydrogen-bond donors (Lipinski definition) is 0. The average Bonchev–Trinajstić information content (AvgIpc) is 1.87. The lowest BCUT2D eigenvalue weighted by Crippen LogP contribution is -1.78. The molecule has 0 amide bonds. The Labute approximate surface area is 69.1 Å². The van der Waals surface area contributed by atoms with Gasteiger partial charge in [0.15, 0.2) is 0 Å². The maximum absolute atomic E-state index is 2.32. The van der Waals surface area contributed by atoms with Gasteiger partial charge in [-0.15, -0.1) is 0 Å². The van der Waals surface area contributed by atoms with Gasteiger partial charge in [0.2, 0.25) is 0 Å². The molecule has 0 aliphatic heterocycles. The zero-order valence-corrected chi connectivity index (χ0v) is 8.13. The largest absolute Gasteiger partial charge is 0.162 e. The van der Waals surface area contributed by atoms with Crippen LogP contribution in [0, 0.1) is 0 Å². The van der Waals surface area contributed by atoms with Crippen molar-refractivity contribution in [1.29, 1.82) is 0 Å². The normalized spacial score (nSPS) is 9.50. The van der Waals surface area contributed by atoms with Crippen molar-refractivity contribution < 1.29 is 0 Å². The van der Waals surface area contributed by atoms with Gasteiger partial charge >= 0.3 is 0 Å². The van der Waals surface area contributed by atoms with Gasteiger partial charge in [0.05, 0.1) is 0 Å². The molecule has 60 valence electrons. The summed E-state index contributed by atoms with van der Waals surface area (Å²) in [6.45, 7) is 6.53. The van der Waals surface area contributed by atoms with E-state index in [1.165, 1.54) is 29.9 Å². The molecule has 0 aromatic rings. The van der Waals surface area contributed by atoms with Crippen LogP contribution < -0.4 is 0 Å². The van der Waals surface area contributed by atoms with Gasteiger partial charge in [0.1, 0.15) is 0 Å². The summed E-state index contributed by atoms with van der Waals surface area (Å²) in [6, 6.07) is 0. The van der Waals surface area contributed by atoms with E-state index in [-0.39, 0.29) is 0 Å². The average molecular weight is 158 g/mol. The highest BCUT2D eigenvalue weighted by molar-refractivity contribution is 7.99. The van der Waals surface area contributed by atoms with E-state index in [1.807, 2.05) is 11.8 Å². The van der Waals surface area contributed by atoms with Crippen molar-refractivity contribution >= 4 is 11.8 Å². The zero-order chi connectivity index (χ0) is 7.82. The molecule has 0 radical (unpaired) electrons. The van der Waals surface area contributed by atoms with E-state index in [4.69, 9.17) is 0 Å². The molecule has 0 aromatic carbocycles. The van der Waals surface area contributed by atoms with Gasteiger partial charge in [-0.2, -0.15) is 11.8 Å². The fourth-order valence-corrected chi connectivity index (χ4v) is 1.38. The molecule has 0 saturated carbocycles. The zero-order valence-electron chi connectivity index (χ0n) is 7.31. The van der Waals surface area contributed by atoms with Crippen molar-refractivity contribution in [3.63, 3.8) is 0 Å². The molecule has 0 N–H and O–H groups in total. The van der Waals surface area contributed by atoms with Gasteiger partial charge in [0.25, 0.3) is 0 Å². The number of thioether (sulfide) groups is 1. The first-order valence-electron chi connectivity index (χ1n) is 3.98. The second-order valence-corrected chi connectivity index (χ2v) is 4.01. The highest BCUT2D eigenvalue weighted by Gasteiger charge is 1.84. The topological polar surface area (TPSA) is 0 Å². The van der Waals surface area contributed by atoms with Crippen LogP contribution in [-0.2, 0) is 0 Å². The van der Waals surface area contributed by atoms with E-state index < -0.39 is 0 Å². The lowest BCUT2D eigenvalue weighted by Gasteiger charge is -1.94. The van der Waals surface area contributed by atoms with Crippen LogP contribution in [0.3, 0.4) is 0 Å². The standard InChI is InChI=1S/C9H18S/c1-4-10-8-6-5-7-9(2)3/h7H,4-6,8H2,1-3H3. The Balaban J connectivity index is 2.98. The molecular formula is C9H18S. The van der Waals surface area contributed by atoms with E-state index in [0.29, 0.717) is 0 Å². The van der Waals surface area contributed by atoms with Gasteiger partial charge in [-0.25, -0.2) is 0 Å². The number of unbranched alkanes of at least 4 members (excludes halogenated alkanes) is 1. The van der Waals surface area contributed by atoms with Crippen LogP contribution in [0.2, 0.25) is 0 Å². The van der Waals surface area contributed by atoms with Crippen molar-refractivity contribution in [3.8, 4) is 0 Å². The number of hydrogen-bond acceptors (Lipinski definition) is 1. The molecule has 10 heavy (non-hydrogen) atoms. The molecule has 0 nitrogen and oxygen atoms in total. The van der Waals surface area contributed by atoms with Crippen LogP contribution >= 0.6 is 11.8 Å². The first-order chi connectivity index (χ1) is 4.77. The molecule has 0 aliphatic carbocycles. The molecule has 0 rings (SSSR count). The monoisotopic (exact) mass is 158 g/mol. The van der Waals surface area contributed by atoms with Crippen LogP contribution in [-0.4, -0.2) is 11.5 Å². The van der Waals surface area contributed by atoms with Crippen LogP contribution in [0.1, 0.15) is 33.6 Å². The van der Waals surface area contributed by atoms with Crippen LogP contribution in [0.4, 0.5) is 0 Å². The third kappa shape index (κ3) is 8.09. The first-order valence-corrected chi connectivity index (χ1v) is 5.14. The molecule has 0 fully saturated rings. The molecule has 0 unspecified atom stereocenters. The summed E-state index contributed by atoms with van der Waals surface area (Å²) >= 11 is 2.03. The lowest BCUT2D eigenvalue weighted by atomic mass is 10.2. The first kappa shape index (κ1) is 10.1. The Morgan fingerprint density at radius 3 is 2.60 bits per heavy atom. The lowest BCUT2D eigenvalue weighted by molar-refractivity contribution is 0.960. The third-order valence-electron chi connectivity index (χ3n) is 1.25. The van der Waals surface area contributed by atoms with Crippen LogP contribution in [0.5, 0.6) is 0 Å². The van der Waals surface area contributed by atoms with Crippen molar-refractivity contribution in [1.82, 2.24) is 0 Å². The van der Waals surface area contributed by atoms with Crippen LogP contribution in [0.15, 0.2) is 11.6 Å². The summed E-state index contributed by atoms with van der Waals surface area (Å²) in [5.41, 5.74) is 1.45. The fraction of sp³-hybridized carbons (Fsp3) is 0.778. The predicted molar refractivity (Wildman–Crippen MR) is 51.7 cm³/mol. The summed E-state index contributed by atoms with van der Waals surface area (Å²) in [5, 5.41) is 0. The van der Waals surface area contributed by atoms with E-state index in [1.54, 1.807) is 0 Å². The highest BCUT2D eigenvalue weighted by Crippen LogP contribution is 2.04. The van der Waals surface area contributed by atoms with Gasteiger partial charge in [-0.3, -0.25) is 0 Å². The van der Waals surface area contributed by atoms with E-state index in [9.17, 15) is 0 Å². The molecule has 0 atom stereocenters. The second-order valence-electron chi connectivity index (χ2n) is 2.62. The quantitative estimate of drug-likeness (QED) is 0.436. The summed E-state index contributed by atoms with van der Waals surface area (Å²) < 4.78 is 0. The van der Waals surface area contributed by atoms with Crippen molar-refractivity contribution in [2.75, 3.05) is 11.5 Å². The minimum atomic E-state index is 1.26. The minimum Gasteiger partial charge on any atom is -0.162 e. The summed E-state index contributed by atoms with van der Waals surface area (Å²) in [6.07, 6.45) is 4.91. The molecular weight excluding hydrogens is 140 g/mol. The summed E-state index contributed by atoms with van der Waals surface area (Å²) in [7, 11) is 0. The Kier molecular flexibility index (Phi) is 7.26. The summed E-state index contributed by atoms with van der Waals surface area (Å²) in [4.78, 5) is 0. The van der Waals surface area contributed by atoms with E-state index >= 15 is 0 Å². The van der Waals surface area contributed by atoms with Crippen LogP contribution in [0.25, 0.3) is 0 Å². The molecule has 0 spiro atoms. The maximum atomic E-state index is 2.32. The number of allylic oxidation sites excluding steroid dienone is 2. The molecule has 0 bridgehead atoms. The highest BCUT2D eigenvalue weighted by atomic mass is 32.2. The Morgan fingerprint density at radius 1 is 1.40 bits per heavy atom. The van der Waals surface area contributed by atoms with Crippen molar-refractivity contribution in [2.45, 2.75) is 33.6 Å². The van der Waals surface area contributed by atoms with Gasteiger partial charge < -0.3 is 0 Å². The smallest absolute Gasteiger partial charge is 0.00647 e. The molecule has 0 heterocycles. The van der Waals surface area contributed by atoms with Gasteiger partial charge in [-0.1, -0.05) is 18.6 Å². The maximum Gasteiger partial charge on any atom is -0.00647 e. The second kappa shape index (κ2) is 7.20. The molecule has 0 aromatic heterocycles. The Hall–Kier alpha value is 0.0900. The third-order valence-corrected chi connectivity index (χ3v) is 2.24. The number of rotatable bonds is 5.